The highest BCUT2D eigenvalue weighted by Gasteiger charge is 2.31. The van der Waals surface area contributed by atoms with Gasteiger partial charge in [-0.25, -0.2) is 4.68 Å². The van der Waals surface area contributed by atoms with E-state index in [1.54, 1.807) is 12.1 Å². The van der Waals surface area contributed by atoms with E-state index in [1.807, 2.05) is 6.07 Å². The molecule has 4 rings (SSSR count). The average Bonchev–Trinajstić information content (AvgIpc) is 3.31. The second-order valence-corrected chi connectivity index (χ2v) is 7.93. The van der Waals surface area contributed by atoms with Crippen molar-refractivity contribution >= 4 is 5.91 Å². The number of ether oxygens (including phenoxy) is 4. The molecule has 1 aromatic heterocycles. The normalized spacial score (nSPS) is 19.4. The van der Waals surface area contributed by atoms with Gasteiger partial charge in [0.05, 0.1) is 25.8 Å². The molecule has 1 amide bonds. The Kier molecular flexibility index (Phi) is 7.22. The number of amides is 1. The molecular weight excluding hydrogens is 469 g/mol. The molecule has 1 unspecified atom stereocenters. The quantitative estimate of drug-likeness (QED) is 0.544. The summed E-state index contributed by atoms with van der Waals surface area (Å²) in [7, 11) is 0. The predicted molar refractivity (Wildman–Crippen MR) is 106 cm³/mol. The fourth-order valence-corrected chi connectivity index (χ4v) is 3.75. The maximum atomic E-state index is 12.6. The highest BCUT2D eigenvalue weighted by molar-refractivity contribution is 5.92. The highest BCUT2D eigenvalue weighted by Crippen LogP contribution is 2.27. The minimum Gasteiger partial charge on any atom is -0.491 e. The van der Waals surface area contributed by atoms with E-state index in [9.17, 15) is 26.7 Å². The van der Waals surface area contributed by atoms with Crippen LogP contribution in [0.25, 0.3) is 0 Å². The smallest absolute Gasteiger partial charge is 0.411 e. The molecule has 2 aromatic rings. The van der Waals surface area contributed by atoms with Crippen LogP contribution < -0.4 is 14.8 Å². The molecule has 186 valence electrons. The minimum absolute atomic E-state index is 0.105. The van der Waals surface area contributed by atoms with Gasteiger partial charge in [0.1, 0.15) is 25.1 Å². The van der Waals surface area contributed by atoms with Gasteiger partial charge >= 0.3 is 12.8 Å². The molecular formula is C21H22F5N3O5. The minimum atomic E-state index is -4.41. The third-order valence-electron chi connectivity index (χ3n) is 5.21. The van der Waals surface area contributed by atoms with Crippen LogP contribution >= 0.6 is 0 Å². The van der Waals surface area contributed by atoms with E-state index >= 15 is 0 Å². The summed E-state index contributed by atoms with van der Waals surface area (Å²) < 4.78 is 82.3. The lowest BCUT2D eigenvalue weighted by molar-refractivity contribution is -0.177. The van der Waals surface area contributed by atoms with Gasteiger partial charge in [-0.15, -0.1) is 0 Å². The van der Waals surface area contributed by atoms with Crippen LogP contribution in [0.4, 0.5) is 22.0 Å². The van der Waals surface area contributed by atoms with Gasteiger partial charge in [-0.2, -0.15) is 27.1 Å². The summed E-state index contributed by atoms with van der Waals surface area (Å²) in [4.78, 5) is 12.6. The number of carbonyl (C=O) groups excluding carboxylic acids is 1. The molecule has 0 bridgehead atoms. The summed E-state index contributed by atoms with van der Waals surface area (Å²) in [5.74, 6) is 0.484. The van der Waals surface area contributed by atoms with E-state index in [1.165, 1.54) is 10.7 Å². The summed E-state index contributed by atoms with van der Waals surface area (Å²) in [5.41, 5.74) is 1.75. The Morgan fingerprint density at radius 2 is 2.12 bits per heavy atom. The van der Waals surface area contributed by atoms with Crippen molar-refractivity contribution in [2.45, 2.75) is 44.3 Å². The van der Waals surface area contributed by atoms with Gasteiger partial charge in [0.2, 0.25) is 5.88 Å². The largest absolute Gasteiger partial charge is 0.491 e. The molecule has 13 heteroatoms. The van der Waals surface area contributed by atoms with Crippen molar-refractivity contribution in [2.24, 2.45) is 0 Å². The van der Waals surface area contributed by atoms with Gasteiger partial charge < -0.3 is 24.3 Å². The van der Waals surface area contributed by atoms with Gasteiger partial charge in [0.15, 0.2) is 5.69 Å². The van der Waals surface area contributed by atoms with Crippen LogP contribution in [0.2, 0.25) is 0 Å². The van der Waals surface area contributed by atoms with E-state index in [4.69, 9.17) is 9.47 Å². The lowest BCUT2D eigenvalue weighted by Gasteiger charge is -2.26. The Morgan fingerprint density at radius 1 is 1.29 bits per heavy atom. The number of alkyl halides is 5. The second kappa shape index (κ2) is 10.1. The maximum absolute atomic E-state index is 12.6. The lowest BCUT2D eigenvalue weighted by Crippen LogP contribution is -2.43. The average molecular weight is 491 g/mol. The van der Waals surface area contributed by atoms with Crippen molar-refractivity contribution in [1.29, 1.82) is 0 Å². The Bertz CT molecular complexity index is 990. The first kappa shape index (κ1) is 24.2. The molecule has 3 heterocycles. The standard InChI is InChI=1S/C21H22F5N3O5/c22-20(23)32-4-3-12-1-2-17-13(5-12)6-14(9-33-17)27-19(30)16-7-18-29(28-16)8-15(34-18)10-31-11-21(24,25)26/h1-2,5,7,14-15,20H,3-4,6,8-11H2,(H,27,30)/t14-,15?/m1/s1. The van der Waals surface area contributed by atoms with E-state index in [0.29, 0.717) is 18.6 Å². The van der Waals surface area contributed by atoms with Crippen LogP contribution in [0.3, 0.4) is 0 Å². The number of benzene rings is 1. The number of hydrogen-bond acceptors (Lipinski definition) is 6. The van der Waals surface area contributed by atoms with Gasteiger partial charge in [0.25, 0.3) is 5.91 Å². The Hall–Kier alpha value is -2.93. The summed E-state index contributed by atoms with van der Waals surface area (Å²) in [5, 5.41) is 6.99. The highest BCUT2D eigenvalue weighted by atomic mass is 19.4. The zero-order chi connectivity index (χ0) is 24.3. The third-order valence-corrected chi connectivity index (χ3v) is 5.21. The fourth-order valence-electron chi connectivity index (χ4n) is 3.75. The van der Waals surface area contributed by atoms with Gasteiger partial charge in [0, 0.05) is 6.07 Å². The SMILES string of the molecule is O=C(N[C@H]1COc2ccc(CCOC(F)F)cc2C1)c1cc2n(n1)CC(COCC(F)(F)F)O2. The fraction of sp³-hybridized carbons (Fsp3) is 0.524. The summed E-state index contributed by atoms with van der Waals surface area (Å²) in [6.45, 7) is -4.13. The van der Waals surface area contributed by atoms with Crippen molar-refractivity contribution in [3.05, 3.63) is 41.1 Å². The molecule has 2 atom stereocenters. The first-order chi connectivity index (χ1) is 16.2. The first-order valence-corrected chi connectivity index (χ1v) is 10.5. The number of fused-ring (bicyclic) bond motifs is 2. The zero-order valence-electron chi connectivity index (χ0n) is 17.8. The Morgan fingerprint density at radius 3 is 2.85 bits per heavy atom. The van der Waals surface area contributed by atoms with Crippen molar-refractivity contribution in [2.75, 3.05) is 26.4 Å². The van der Waals surface area contributed by atoms with Crippen molar-refractivity contribution in [1.82, 2.24) is 15.1 Å². The van der Waals surface area contributed by atoms with E-state index < -0.39 is 31.4 Å². The molecule has 0 radical (unpaired) electrons. The second-order valence-electron chi connectivity index (χ2n) is 7.93. The summed E-state index contributed by atoms with van der Waals surface area (Å²) in [6, 6.07) is 6.45. The van der Waals surface area contributed by atoms with Crippen LogP contribution in [0.5, 0.6) is 11.6 Å². The van der Waals surface area contributed by atoms with Crippen LogP contribution in [-0.2, 0) is 28.9 Å². The summed E-state index contributed by atoms with van der Waals surface area (Å²) >= 11 is 0. The van der Waals surface area contributed by atoms with Crippen molar-refractivity contribution < 1.29 is 45.7 Å². The molecule has 8 nitrogen and oxygen atoms in total. The number of carbonyl (C=O) groups is 1. The lowest BCUT2D eigenvalue weighted by atomic mass is 9.99. The molecule has 2 aliphatic heterocycles. The molecule has 34 heavy (non-hydrogen) atoms. The predicted octanol–water partition coefficient (Wildman–Crippen LogP) is 2.74. The number of rotatable bonds is 9. The maximum Gasteiger partial charge on any atom is 0.411 e. The van der Waals surface area contributed by atoms with E-state index in [0.717, 1.165) is 11.1 Å². The molecule has 0 fully saturated rings. The van der Waals surface area contributed by atoms with Crippen LogP contribution in [0.15, 0.2) is 24.3 Å². The van der Waals surface area contributed by atoms with E-state index in [-0.39, 0.29) is 44.0 Å². The number of nitrogens with zero attached hydrogens (tertiary/aromatic N) is 2. The van der Waals surface area contributed by atoms with Crippen LogP contribution in [0, 0.1) is 0 Å². The summed E-state index contributed by atoms with van der Waals surface area (Å²) in [6.07, 6.45) is -4.24. The zero-order valence-corrected chi connectivity index (χ0v) is 17.8. The van der Waals surface area contributed by atoms with Gasteiger partial charge in [-0.05, 0) is 30.0 Å². The van der Waals surface area contributed by atoms with Gasteiger partial charge in [-0.1, -0.05) is 12.1 Å². The molecule has 1 N–H and O–H groups in total. The first-order valence-electron chi connectivity index (χ1n) is 10.5. The van der Waals surface area contributed by atoms with E-state index in [2.05, 4.69) is 19.9 Å². The molecule has 0 aliphatic carbocycles. The number of aromatic nitrogens is 2. The molecule has 0 spiro atoms. The van der Waals surface area contributed by atoms with Crippen LogP contribution in [-0.4, -0.2) is 67.0 Å². The monoisotopic (exact) mass is 491 g/mol. The van der Waals surface area contributed by atoms with Crippen molar-refractivity contribution in [3.8, 4) is 11.6 Å². The Balaban J connectivity index is 1.28. The number of hydrogen-bond donors (Lipinski definition) is 1. The number of nitrogens with one attached hydrogen (secondary N) is 1. The number of halogens is 5. The third kappa shape index (κ3) is 6.35. The topological polar surface area (TPSA) is 83.8 Å². The Labute approximate surface area is 190 Å². The molecule has 0 saturated heterocycles. The van der Waals surface area contributed by atoms with Gasteiger partial charge in [-0.3, -0.25) is 4.79 Å². The van der Waals surface area contributed by atoms with Crippen molar-refractivity contribution in [3.63, 3.8) is 0 Å². The molecule has 2 aliphatic rings. The molecule has 0 saturated carbocycles. The van der Waals surface area contributed by atoms with Crippen LogP contribution in [0.1, 0.15) is 21.6 Å². The molecule has 1 aromatic carbocycles.